The summed E-state index contributed by atoms with van der Waals surface area (Å²) in [6.45, 7) is 7.41. The molecular weight excluding hydrogens is 227 g/mol. The van der Waals surface area contributed by atoms with Gasteiger partial charge in [0, 0.05) is 0 Å². The number of rotatable bonds is 2. The smallest absolute Gasteiger partial charge is 0.546 e. The van der Waals surface area contributed by atoms with Gasteiger partial charge in [-0.3, -0.25) is 0 Å². The van der Waals surface area contributed by atoms with Crippen LogP contribution < -0.4 is 34.7 Å². The zero-order chi connectivity index (χ0) is 12.1. The van der Waals surface area contributed by atoms with Crippen LogP contribution in [0.2, 0.25) is 0 Å². The van der Waals surface area contributed by atoms with Crippen LogP contribution >= 0.6 is 0 Å². The molecule has 0 spiro atoms. The number of aliphatic carboxylic acids is 1. The van der Waals surface area contributed by atoms with Gasteiger partial charge < -0.3 is 14.6 Å². The van der Waals surface area contributed by atoms with E-state index >= 15 is 0 Å². The molecule has 1 aliphatic rings. The normalized spacial score (nSPS) is 24.9. The molecule has 4 heteroatoms. The fourth-order valence-electron chi connectivity index (χ4n) is 2.35. The molecule has 0 bridgehead atoms. The van der Waals surface area contributed by atoms with E-state index in [0.29, 0.717) is 5.56 Å². The minimum Gasteiger partial charge on any atom is -0.546 e. The third-order valence-electron chi connectivity index (χ3n) is 3.13. The van der Waals surface area contributed by atoms with Gasteiger partial charge in [-0.05, 0) is 33.3 Å². The fourth-order valence-corrected chi connectivity index (χ4v) is 2.35. The number of hydrogen-bond donors (Lipinski definition) is 0. The van der Waals surface area contributed by atoms with E-state index in [1.54, 1.807) is 13.8 Å². The maximum Gasteiger partial charge on any atom is 1.00 e. The van der Waals surface area contributed by atoms with Crippen LogP contribution in [0.25, 0.3) is 0 Å². The van der Waals surface area contributed by atoms with Crippen molar-refractivity contribution < 1.29 is 44.2 Å². The Kier molecular flexibility index (Phi) is 3.80. The van der Waals surface area contributed by atoms with Crippen molar-refractivity contribution in [3.8, 4) is 0 Å². The van der Waals surface area contributed by atoms with Gasteiger partial charge in [0.15, 0.2) is 5.60 Å². The van der Waals surface area contributed by atoms with Crippen molar-refractivity contribution in [2.75, 3.05) is 0 Å². The van der Waals surface area contributed by atoms with E-state index in [1.165, 1.54) is 0 Å². The van der Waals surface area contributed by atoms with Gasteiger partial charge in [0.05, 0.1) is 5.97 Å². The fraction of sp³-hybridized carbons (Fsp3) is 0.462. The molecule has 17 heavy (non-hydrogen) atoms. The molecule has 3 nitrogen and oxygen atoms in total. The first-order chi connectivity index (χ1) is 7.29. The molecule has 0 amide bonds. The van der Waals surface area contributed by atoms with Crippen molar-refractivity contribution in [1.29, 1.82) is 0 Å². The van der Waals surface area contributed by atoms with Crippen molar-refractivity contribution in [2.24, 2.45) is 0 Å². The van der Waals surface area contributed by atoms with E-state index in [4.69, 9.17) is 4.74 Å². The Morgan fingerprint density at radius 2 is 1.59 bits per heavy atom. The standard InChI is InChI=1S/C13H16O3.Na/c1-8-5-9(2)7-10(6-8)13(11(14)15)12(3,4)16-13;/h5-7H,1-4H3,(H,14,15);/q;+1/p-1. The molecule has 86 valence electrons. The Labute approximate surface area is 123 Å². The van der Waals surface area contributed by atoms with Gasteiger partial charge in [0.2, 0.25) is 0 Å². The number of epoxide rings is 1. The summed E-state index contributed by atoms with van der Waals surface area (Å²) in [4.78, 5) is 11.3. The van der Waals surface area contributed by atoms with Gasteiger partial charge in [-0.2, -0.15) is 0 Å². The third-order valence-corrected chi connectivity index (χ3v) is 3.13. The number of ether oxygens (including phenoxy) is 1. The van der Waals surface area contributed by atoms with E-state index < -0.39 is 17.2 Å². The minimum absolute atomic E-state index is 0. The van der Waals surface area contributed by atoms with Crippen LogP contribution in [-0.2, 0) is 15.1 Å². The number of carboxylic acids is 1. The molecule has 0 aromatic heterocycles. The largest absolute Gasteiger partial charge is 1.00 e. The van der Waals surface area contributed by atoms with E-state index in [0.717, 1.165) is 11.1 Å². The van der Waals surface area contributed by atoms with Gasteiger partial charge in [0.1, 0.15) is 5.60 Å². The predicted octanol–water partition coefficient (Wildman–Crippen LogP) is -1.94. The van der Waals surface area contributed by atoms with Crippen LogP contribution in [0.5, 0.6) is 0 Å². The number of carbonyl (C=O) groups is 1. The molecule has 0 N–H and O–H groups in total. The zero-order valence-electron chi connectivity index (χ0n) is 11.0. The molecule has 1 aromatic carbocycles. The summed E-state index contributed by atoms with van der Waals surface area (Å²) in [7, 11) is 0. The molecule has 1 aliphatic heterocycles. The maximum atomic E-state index is 11.3. The van der Waals surface area contributed by atoms with Crippen molar-refractivity contribution >= 4 is 5.97 Å². The molecule has 1 heterocycles. The number of hydrogen-bond acceptors (Lipinski definition) is 3. The molecule has 1 unspecified atom stereocenters. The van der Waals surface area contributed by atoms with E-state index in [9.17, 15) is 9.90 Å². The summed E-state index contributed by atoms with van der Waals surface area (Å²) in [5.41, 5.74) is 0.773. The molecule has 0 aliphatic carbocycles. The van der Waals surface area contributed by atoms with Crippen molar-refractivity contribution in [3.05, 3.63) is 34.9 Å². The monoisotopic (exact) mass is 242 g/mol. The number of carbonyl (C=O) groups excluding carboxylic acids is 1. The Balaban J connectivity index is 0.00000144. The summed E-state index contributed by atoms with van der Waals surface area (Å²) >= 11 is 0. The number of aryl methyl sites for hydroxylation is 2. The SMILES string of the molecule is Cc1cc(C)cc(C2(C(=O)[O-])OC2(C)C)c1.[Na+]. The quantitative estimate of drug-likeness (QED) is 0.448. The summed E-state index contributed by atoms with van der Waals surface area (Å²) in [5, 5.41) is 11.3. The predicted molar refractivity (Wildman–Crippen MR) is 57.8 cm³/mol. The van der Waals surface area contributed by atoms with Crippen LogP contribution in [-0.4, -0.2) is 11.6 Å². The first-order valence-electron chi connectivity index (χ1n) is 5.30. The average molecular weight is 242 g/mol. The Bertz CT molecular complexity index is 447. The third kappa shape index (κ3) is 2.17. The average Bonchev–Trinajstić information content (AvgIpc) is 2.69. The first-order valence-corrected chi connectivity index (χ1v) is 5.30. The van der Waals surface area contributed by atoms with Crippen LogP contribution in [0.1, 0.15) is 30.5 Å². The summed E-state index contributed by atoms with van der Waals surface area (Å²) < 4.78 is 5.39. The second-order valence-electron chi connectivity index (χ2n) is 4.96. The zero-order valence-corrected chi connectivity index (χ0v) is 13.0. The molecule has 1 atom stereocenters. The number of benzene rings is 1. The van der Waals surface area contributed by atoms with Crippen LogP contribution in [0.4, 0.5) is 0 Å². The topological polar surface area (TPSA) is 52.7 Å². The van der Waals surface area contributed by atoms with Gasteiger partial charge in [-0.15, -0.1) is 0 Å². The molecule has 2 rings (SSSR count). The molecule has 0 radical (unpaired) electrons. The Morgan fingerprint density at radius 3 is 1.88 bits per heavy atom. The number of carboxylic acid groups (broad SMARTS) is 1. The maximum absolute atomic E-state index is 11.3. The molecular formula is C13H15NaO3. The second-order valence-corrected chi connectivity index (χ2v) is 4.96. The summed E-state index contributed by atoms with van der Waals surface area (Å²) in [6.07, 6.45) is 0. The molecule has 1 fully saturated rings. The van der Waals surface area contributed by atoms with Gasteiger partial charge in [-0.25, -0.2) is 0 Å². The van der Waals surface area contributed by atoms with Crippen LogP contribution in [0.3, 0.4) is 0 Å². The van der Waals surface area contributed by atoms with E-state index in [1.807, 2.05) is 32.0 Å². The summed E-state index contributed by atoms with van der Waals surface area (Å²) in [5.74, 6) is -1.16. The molecule has 1 aromatic rings. The van der Waals surface area contributed by atoms with Gasteiger partial charge >= 0.3 is 29.6 Å². The molecule has 1 saturated heterocycles. The van der Waals surface area contributed by atoms with Gasteiger partial charge in [-0.1, -0.05) is 29.3 Å². The molecule has 0 saturated carbocycles. The first kappa shape index (κ1) is 14.7. The van der Waals surface area contributed by atoms with Gasteiger partial charge in [0.25, 0.3) is 0 Å². The van der Waals surface area contributed by atoms with Crippen molar-refractivity contribution in [1.82, 2.24) is 0 Å². The van der Waals surface area contributed by atoms with E-state index in [-0.39, 0.29) is 29.6 Å². The van der Waals surface area contributed by atoms with Crippen LogP contribution in [0.15, 0.2) is 18.2 Å². The second kappa shape index (κ2) is 4.39. The van der Waals surface area contributed by atoms with Crippen molar-refractivity contribution in [3.63, 3.8) is 0 Å². The Hall–Kier alpha value is -0.350. The van der Waals surface area contributed by atoms with Crippen LogP contribution in [0, 0.1) is 13.8 Å². The van der Waals surface area contributed by atoms with Crippen molar-refractivity contribution in [2.45, 2.75) is 38.9 Å². The summed E-state index contributed by atoms with van der Waals surface area (Å²) in [6, 6.07) is 5.69. The minimum atomic E-state index is -1.27. The van der Waals surface area contributed by atoms with E-state index in [2.05, 4.69) is 0 Å². The Morgan fingerprint density at radius 1 is 1.18 bits per heavy atom.